The number of rotatable bonds is 3. The molecule has 5 nitrogen and oxygen atoms in total. The molecular formula is C18H24N2O3. The van der Waals surface area contributed by atoms with Gasteiger partial charge in [-0.25, -0.2) is 0 Å². The van der Waals surface area contributed by atoms with Gasteiger partial charge in [0, 0.05) is 39.2 Å². The van der Waals surface area contributed by atoms with Crippen LogP contribution in [0, 0.1) is 5.92 Å². The maximum absolute atomic E-state index is 12.8. The molecule has 1 aliphatic heterocycles. The molecule has 0 unspecified atom stereocenters. The number of carbonyl (C=O) groups excluding carboxylic acids is 2. The summed E-state index contributed by atoms with van der Waals surface area (Å²) in [5.41, 5.74) is 2.61. The van der Waals surface area contributed by atoms with Crippen molar-refractivity contribution < 1.29 is 14.3 Å². The molecule has 0 spiro atoms. The molecule has 1 heterocycles. The van der Waals surface area contributed by atoms with Crippen molar-refractivity contribution in [3.05, 3.63) is 35.4 Å². The zero-order valence-electron chi connectivity index (χ0n) is 13.7. The Morgan fingerprint density at radius 3 is 2.30 bits per heavy atom. The number of hydrogen-bond donors (Lipinski definition) is 0. The van der Waals surface area contributed by atoms with Crippen LogP contribution in [0.15, 0.2) is 24.3 Å². The number of methoxy groups -OCH3 is 1. The van der Waals surface area contributed by atoms with E-state index in [0.717, 1.165) is 25.8 Å². The van der Waals surface area contributed by atoms with E-state index in [-0.39, 0.29) is 24.3 Å². The Morgan fingerprint density at radius 2 is 1.65 bits per heavy atom. The van der Waals surface area contributed by atoms with Gasteiger partial charge in [0.15, 0.2) is 0 Å². The van der Waals surface area contributed by atoms with Crippen molar-refractivity contribution >= 4 is 11.8 Å². The average Bonchev–Trinajstić information content (AvgIpc) is 2.83. The van der Waals surface area contributed by atoms with Gasteiger partial charge in [-0.1, -0.05) is 24.3 Å². The first-order chi connectivity index (χ1) is 11.2. The van der Waals surface area contributed by atoms with Crippen LogP contribution in [0.4, 0.5) is 0 Å². The minimum absolute atomic E-state index is 0.00932. The zero-order chi connectivity index (χ0) is 16.2. The third-order valence-corrected chi connectivity index (χ3v) is 4.83. The van der Waals surface area contributed by atoms with Crippen LogP contribution < -0.4 is 0 Å². The van der Waals surface area contributed by atoms with Crippen molar-refractivity contribution in [3.8, 4) is 0 Å². The van der Waals surface area contributed by atoms with Gasteiger partial charge in [-0.3, -0.25) is 9.59 Å². The fourth-order valence-corrected chi connectivity index (χ4v) is 3.59. The Hall–Kier alpha value is -1.88. The van der Waals surface area contributed by atoms with Gasteiger partial charge in [-0.2, -0.15) is 0 Å². The quantitative estimate of drug-likeness (QED) is 0.839. The first-order valence-electron chi connectivity index (χ1n) is 8.31. The van der Waals surface area contributed by atoms with Gasteiger partial charge < -0.3 is 14.5 Å². The number of carbonyl (C=O) groups is 2. The molecule has 1 aliphatic carbocycles. The summed E-state index contributed by atoms with van der Waals surface area (Å²) in [7, 11) is 1.53. The highest BCUT2D eigenvalue weighted by Gasteiger charge is 2.31. The monoisotopic (exact) mass is 316 g/mol. The molecular weight excluding hydrogens is 292 g/mol. The summed E-state index contributed by atoms with van der Waals surface area (Å²) in [6.45, 7) is 2.79. The van der Waals surface area contributed by atoms with Crippen molar-refractivity contribution in [1.82, 2.24) is 9.80 Å². The van der Waals surface area contributed by atoms with E-state index in [1.54, 1.807) is 4.90 Å². The molecule has 0 aromatic heterocycles. The summed E-state index contributed by atoms with van der Waals surface area (Å²) in [4.78, 5) is 28.5. The van der Waals surface area contributed by atoms with Crippen LogP contribution in [-0.4, -0.2) is 61.5 Å². The summed E-state index contributed by atoms with van der Waals surface area (Å²) in [5.74, 6) is 0.311. The molecule has 0 bridgehead atoms. The van der Waals surface area contributed by atoms with E-state index in [9.17, 15) is 9.59 Å². The second-order valence-corrected chi connectivity index (χ2v) is 6.37. The maximum atomic E-state index is 12.8. The highest BCUT2D eigenvalue weighted by Crippen LogP contribution is 2.28. The normalized spacial score (nSPS) is 18.7. The molecule has 1 fully saturated rings. The molecule has 1 saturated heterocycles. The highest BCUT2D eigenvalue weighted by molar-refractivity contribution is 5.81. The molecule has 0 saturated carbocycles. The second-order valence-electron chi connectivity index (χ2n) is 6.37. The van der Waals surface area contributed by atoms with Crippen LogP contribution in [0.5, 0.6) is 0 Å². The van der Waals surface area contributed by atoms with Gasteiger partial charge in [0.05, 0.1) is 0 Å². The van der Waals surface area contributed by atoms with E-state index in [4.69, 9.17) is 4.74 Å². The zero-order valence-corrected chi connectivity index (χ0v) is 13.7. The lowest BCUT2D eigenvalue weighted by molar-refractivity contribution is -0.137. The van der Waals surface area contributed by atoms with E-state index < -0.39 is 0 Å². The lowest BCUT2D eigenvalue weighted by Gasteiger charge is -2.24. The van der Waals surface area contributed by atoms with Gasteiger partial charge in [0.25, 0.3) is 0 Å². The molecule has 2 aliphatic rings. The number of benzene rings is 1. The standard InChI is InChI=1S/C18H24N2O3/c1-23-13-17(21)19-7-4-8-20(10-9-19)18(22)16-11-14-5-2-3-6-15(14)12-16/h2-3,5-6,16H,4,7-13H2,1H3. The Kier molecular flexibility index (Phi) is 4.96. The van der Waals surface area contributed by atoms with Crippen molar-refractivity contribution in [2.75, 3.05) is 39.9 Å². The van der Waals surface area contributed by atoms with E-state index in [1.807, 2.05) is 17.0 Å². The van der Waals surface area contributed by atoms with Crippen LogP contribution in [0.2, 0.25) is 0 Å². The number of fused-ring (bicyclic) bond motifs is 1. The molecule has 2 amide bonds. The van der Waals surface area contributed by atoms with Crippen molar-refractivity contribution in [2.45, 2.75) is 19.3 Å². The van der Waals surface area contributed by atoms with Crippen molar-refractivity contribution in [2.24, 2.45) is 5.92 Å². The Bertz CT molecular complexity index is 562. The predicted molar refractivity (Wildman–Crippen MR) is 87.0 cm³/mol. The smallest absolute Gasteiger partial charge is 0.248 e. The van der Waals surface area contributed by atoms with Gasteiger partial charge in [-0.05, 0) is 30.4 Å². The second kappa shape index (κ2) is 7.13. The topological polar surface area (TPSA) is 49.9 Å². The first-order valence-corrected chi connectivity index (χ1v) is 8.31. The molecule has 124 valence electrons. The van der Waals surface area contributed by atoms with Gasteiger partial charge >= 0.3 is 0 Å². The molecule has 3 rings (SSSR count). The number of nitrogens with zero attached hydrogens (tertiary/aromatic N) is 2. The molecule has 0 atom stereocenters. The largest absolute Gasteiger partial charge is 0.375 e. The van der Waals surface area contributed by atoms with Crippen LogP contribution in [0.25, 0.3) is 0 Å². The average molecular weight is 316 g/mol. The van der Waals surface area contributed by atoms with Crippen LogP contribution in [0.3, 0.4) is 0 Å². The highest BCUT2D eigenvalue weighted by atomic mass is 16.5. The SMILES string of the molecule is COCC(=O)N1CCCN(C(=O)C2Cc3ccccc3C2)CC1. The summed E-state index contributed by atoms with van der Waals surface area (Å²) in [6, 6.07) is 8.32. The fraction of sp³-hybridized carbons (Fsp3) is 0.556. The predicted octanol–water partition coefficient (Wildman–Crippen LogP) is 1.11. The molecule has 1 aromatic carbocycles. The summed E-state index contributed by atoms with van der Waals surface area (Å²) < 4.78 is 4.92. The van der Waals surface area contributed by atoms with E-state index >= 15 is 0 Å². The van der Waals surface area contributed by atoms with Crippen LogP contribution in [0.1, 0.15) is 17.5 Å². The first kappa shape index (κ1) is 16.0. The number of ether oxygens (including phenoxy) is 1. The van der Waals surface area contributed by atoms with Crippen LogP contribution in [-0.2, 0) is 27.2 Å². The van der Waals surface area contributed by atoms with Crippen molar-refractivity contribution in [1.29, 1.82) is 0 Å². The van der Waals surface area contributed by atoms with E-state index in [0.29, 0.717) is 19.6 Å². The minimum Gasteiger partial charge on any atom is -0.375 e. The summed E-state index contributed by atoms with van der Waals surface area (Å²) in [5, 5.41) is 0. The molecule has 1 aromatic rings. The van der Waals surface area contributed by atoms with E-state index in [1.165, 1.54) is 18.2 Å². The summed E-state index contributed by atoms with van der Waals surface area (Å²) in [6.07, 6.45) is 2.52. The molecule has 0 N–H and O–H groups in total. The Morgan fingerprint density at radius 1 is 1.04 bits per heavy atom. The molecule has 0 radical (unpaired) electrons. The number of hydrogen-bond acceptors (Lipinski definition) is 3. The molecule has 5 heteroatoms. The van der Waals surface area contributed by atoms with Crippen LogP contribution >= 0.6 is 0 Å². The molecule has 23 heavy (non-hydrogen) atoms. The lowest BCUT2D eigenvalue weighted by atomic mass is 10.0. The fourth-order valence-electron chi connectivity index (χ4n) is 3.59. The van der Waals surface area contributed by atoms with E-state index in [2.05, 4.69) is 12.1 Å². The van der Waals surface area contributed by atoms with Gasteiger partial charge in [0.1, 0.15) is 6.61 Å². The number of amides is 2. The lowest BCUT2D eigenvalue weighted by Crippen LogP contribution is -2.41. The minimum atomic E-state index is 0.00932. The van der Waals surface area contributed by atoms with Crippen molar-refractivity contribution in [3.63, 3.8) is 0 Å². The summed E-state index contributed by atoms with van der Waals surface area (Å²) >= 11 is 0. The third-order valence-electron chi connectivity index (χ3n) is 4.83. The van der Waals surface area contributed by atoms with Gasteiger partial charge in [-0.15, -0.1) is 0 Å². The Balaban J connectivity index is 1.58. The Labute approximate surface area is 137 Å². The third kappa shape index (κ3) is 3.55. The van der Waals surface area contributed by atoms with Gasteiger partial charge in [0.2, 0.25) is 11.8 Å². The maximum Gasteiger partial charge on any atom is 0.248 e.